The summed E-state index contributed by atoms with van der Waals surface area (Å²) in [6.45, 7) is 9.94. The van der Waals surface area contributed by atoms with Gasteiger partial charge in [-0.25, -0.2) is 0 Å². The van der Waals surface area contributed by atoms with E-state index >= 15 is 0 Å². The summed E-state index contributed by atoms with van der Waals surface area (Å²) in [4.78, 5) is 34.4. The molecule has 2 aliphatic rings. The lowest BCUT2D eigenvalue weighted by Gasteiger charge is -2.41. The SMILES string of the molecule is CCc1ccc(C(=O)Cc2cc(Cl)cc(CN3CCN(C(=O)[C@H]4CCCO4)[C@@H](C)C3)c2C)cn1. The maximum absolute atomic E-state index is 12.9. The molecular formula is C27H34ClN3O3. The summed E-state index contributed by atoms with van der Waals surface area (Å²) < 4.78 is 5.61. The highest BCUT2D eigenvalue weighted by Gasteiger charge is 2.34. The highest BCUT2D eigenvalue weighted by atomic mass is 35.5. The van der Waals surface area contributed by atoms with Gasteiger partial charge in [0.25, 0.3) is 5.91 Å². The van der Waals surface area contributed by atoms with E-state index in [1.807, 2.05) is 36.1 Å². The molecule has 1 amide bonds. The minimum Gasteiger partial charge on any atom is -0.368 e. The number of Topliss-reactive ketones (excluding diaryl/α,β-unsaturated/α-hetero) is 1. The van der Waals surface area contributed by atoms with Gasteiger partial charge < -0.3 is 9.64 Å². The molecule has 2 aromatic rings. The topological polar surface area (TPSA) is 62.7 Å². The summed E-state index contributed by atoms with van der Waals surface area (Å²) in [5.74, 6) is 0.173. The number of hydrogen-bond donors (Lipinski definition) is 0. The number of ketones is 1. The molecule has 0 unspecified atom stereocenters. The fourth-order valence-electron chi connectivity index (χ4n) is 4.92. The van der Waals surface area contributed by atoms with Crippen molar-refractivity contribution in [3.8, 4) is 0 Å². The summed E-state index contributed by atoms with van der Waals surface area (Å²) >= 11 is 6.47. The number of rotatable bonds is 7. The zero-order valence-electron chi connectivity index (χ0n) is 20.3. The molecule has 2 aliphatic heterocycles. The van der Waals surface area contributed by atoms with Crippen molar-refractivity contribution < 1.29 is 14.3 Å². The number of nitrogens with zero attached hydrogens (tertiary/aromatic N) is 3. The summed E-state index contributed by atoms with van der Waals surface area (Å²) in [5, 5.41) is 0.642. The molecule has 2 fully saturated rings. The van der Waals surface area contributed by atoms with Crippen LogP contribution in [0.2, 0.25) is 5.02 Å². The molecule has 4 rings (SSSR count). The molecule has 182 valence electrons. The quantitative estimate of drug-likeness (QED) is 0.551. The first kappa shape index (κ1) is 24.8. The standard InChI is InChI=1S/C27H34ClN3O3/c1-4-24-8-7-20(15-29-24)25(32)14-21-12-23(28)13-22(19(21)3)17-30-9-10-31(18(2)16-30)27(33)26-6-5-11-34-26/h7-8,12-13,15,18,26H,4-6,9-11,14,16-17H2,1-3H3/t18-,26+/m0/s1. The van der Waals surface area contributed by atoms with E-state index in [4.69, 9.17) is 16.3 Å². The summed E-state index contributed by atoms with van der Waals surface area (Å²) in [6, 6.07) is 7.79. The number of aromatic nitrogens is 1. The molecule has 0 bridgehead atoms. The lowest BCUT2D eigenvalue weighted by atomic mass is 9.96. The van der Waals surface area contributed by atoms with Gasteiger partial charge in [-0.3, -0.25) is 19.5 Å². The Labute approximate surface area is 207 Å². The molecule has 0 N–H and O–H groups in total. The average molecular weight is 484 g/mol. The van der Waals surface area contributed by atoms with Crippen LogP contribution >= 0.6 is 11.6 Å². The van der Waals surface area contributed by atoms with Crippen molar-refractivity contribution in [2.45, 2.75) is 65.1 Å². The molecule has 0 saturated carbocycles. The van der Waals surface area contributed by atoms with Crippen LogP contribution in [0, 0.1) is 6.92 Å². The predicted molar refractivity (Wildman–Crippen MR) is 133 cm³/mol. The van der Waals surface area contributed by atoms with E-state index in [2.05, 4.69) is 23.7 Å². The first-order valence-electron chi connectivity index (χ1n) is 12.3. The van der Waals surface area contributed by atoms with Crippen LogP contribution in [0.5, 0.6) is 0 Å². The molecule has 1 aromatic carbocycles. The second kappa shape index (κ2) is 11.0. The first-order chi connectivity index (χ1) is 16.4. The van der Waals surface area contributed by atoms with E-state index in [-0.39, 0.29) is 23.8 Å². The third-order valence-electron chi connectivity index (χ3n) is 7.04. The highest BCUT2D eigenvalue weighted by Crippen LogP contribution is 2.25. The predicted octanol–water partition coefficient (Wildman–Crippen LogP) is 4.24. The van der Waals surface area contributed by atoms with Gasteiger partial charge in [0, 0.05) is 67.7 Å². The van der Waals surface area contributed by atoms with Crippen molar-refractivity contribution in [2.24, 2.45) is 0 Å². The zero-order valence-corrected chi connectivity index (χ0v) is 21.1. The molecule has 0 spiro atoms. The molecule has 0 radical (unpaired) electrons. The Morgan fingerprint density at radius 2 is 2.00 bits per heavy atom. The number of halogens is 1. The molecule has 2 atom stereocenters. The van der Waals surface area contributed by atoms with Crippen molar-refractivity contribution >= 4 is 23.3 Å². The number of amides is 1. The lowest BCUT2D eigenvalue weighted by molar-refractivity contribution is -0.145. The molecule has 34 heavy (non-hydrogen) atoms. The van der Waals surface area contributed by atoms with Gasteiger partial charge in [-0.15, -0.1) is 0 Å². The molecule has 6 nitrogen and oxygen atoms in total. The van der Waals surface area contributed by atoms with E-state index in [0.29, 0.717) is 30.2 Å². The molecule has 0 aliphatic carbocycles. The average Bonchev–Trinajstić information content (AvgIpc) is 3.37. The minimum atomic E-state index is -0.266. The third kappa shape index (κ3) is 5.68. The van der Waals surface area contributed by atoms with Gasteiger partial charge in [-0.05, 0) is 74.1 Å². The van der Waals surface area contributed by atoms with Crippen LogP contribution in [0.25, 0.3) is 0 Å². The Balaban J connectivity index is 1.41. The van der Waals surface area contributed by atoms with Gasteiger partial charge in [-0.2, -0.15) is 0 Å². The van der Waals surface area contributed by atoms with Gasteiger partial charge in [0.05, 0.1) is 0 Å². The van der Waals surface area contributed by atoms with Gasteiger partial charge >= 0.3 is 0 Å². The van der Waals surface area contributed by atoms with Crippen molar-refractivity contribution in [1.82, 2.24) is 14.8 Å². The van der Waals surface area contributed by atoms with E-state index in [9.17, 15) is 9.59 Å². The number of carbonyl (C=O) groups excluding carboxylic acids is 2. The Kier molecular flexibility index (Phi) is 8.02. The molecule has 2 saturated heterocycles. The van der Waals surface area contributed by atoms with Crippen molar-refractivity contribution in [3.05, 3.63) is 63.4 Å². The van der Waals surface area contributed by atoms with Crippen LogP contribution in [0.1, 0.15) is 59.4 Å². The molecular weight excluding hydrogens is 450 g/mol. The maximum Gasteiger partial charge on any atom is 0.252 e. The van der Waals surface area contributed by atoms with Crippen LogP contribution in [0.4, 0.5) is 0 Å². The number of benzene rings is 1. The van der Waals surface area contributed by atoms with Crippen molar-refractivity contribution in [1.29, 1.82) is 0 Å². The monoisotopic (exact) mass is 483 g/mol. The van der Waals surface area contributed by atoms with Crippen LogP contribution in [0.15, 0.2) is 30.5 Å². The van der Waals surface area contributed by atoms with Gasteiger partial charge in [0.15, 0.2) is 5.78 Å². The second-order valence-corrected chi connectivity index (χ2v) is 9.89. The Hall–Kier alpha value is -2.28. The minimum absolute atomic E-state index is 0.0429. The Morgan fingerprint density at radius 1 is 1.21 bits per heavy atom. The van der Waals surface area contributed by atoms with Crippen LogP contribution in [-0.2, 0) is 28.9 Å². The van der Waals surface area contributed by atoms with Crippen LogP contribution in [-0.4, -0.2) is 64.9 Å². The van der Waals surface area contributed by atoms with E-state index in [0.717, 1.165) is 61.3 Å². The molecule has 7 heteroatoms. The van der Waals surface area contributed by atoms with Crippen molar-refractivity contribution in [3.63, 3.8) is 0 Å². The Morgan fingerprint density at radius 3 is 2.65 bits per heavy atom. The lowest BCUT2D eigenvalue weighted by Crippen LogP contribution is -2.55. The summed E-state index contributed by atoms with van der Waals surface area (Å²) in [5.41, 5.74) is 4.78. The number of aryl methyl sites for hydroxylation is 1. The van der Waals surface area contributed by atoms with Gasteiger partial charge in [-0.1, -0.05) is 18.5 Å². The fourth-order valence-corrected chi connectivity index (χ4v) is 5.18. The van der Waals surface area contributed by atoms with Crippen molar-refractivity contribution in [2.75, 3.05) is 26.2 Å². The number of piperazine rings is 1. The zero-order chi connectivity index (χ0) is 24.2. The third-order valence-corrected chi connectivity index (χ3v) is 7.26. The fraction of sp³-hybridized carbons (Fsp3) is 0.519. The Bertz CT molecular complexity index is 1030. The first-order valence-corrected chi connectivity index (χ1v) is 12.6. The summed E-state index contributed by atoms with van der Waals surface area (Å²) in [7, 11) is 0. The van der Waals surface area contributed by atoms with Gasteiger partial charge in [0.2, 0.25) is 0 Å². The maximum atomic E-state index is 12.9. The van der Waals surface area contributed by atoms with Gasteiger partial charge in [0.1, 0.15) is 6.10 Å². The number of carbonyl (C=O) groups is 2. The largest absolute Gasteiger partial charge is 0.368 e. The number of hydrogen-bond acceptors (Lipinski definition) is 5. The summed E-state index contributed by atoms with van der Waals surface area (Å²) in [6.07, 6.45) is 4.34. The normalized spacial score (nSPS) is 21.1. The second-order valence-electron chi connectivity index (χ2n) is 9.46. The van der Waals surface area contributed by atoms with Crippen LogP contribution in [0.3, 0.4) is 0 Å². The highest BCUT2D eigenvalue weighted by molar-refractivity contribution is 6.30. The number of pyridine rings is 1. The van der Waals surface area contributed by atoms with E-state index < -0.39 is 0 Å². The number of ether oxygens (including phenoxy) is 1. The molecule has 3 heterocycles. The van der Waals surface area contributed by atoms with Crippen LogP contribution < -0.4 is 0 Å². The smallest absolute Gasteiger partial charge is 0.252 e. The van der Waals surface area contributed by atoms with E-state index in [1.165, 1.54) is 0 Å². The molecule has 1 aromatic heterocycles. The van der Waals surface area contributed by atoms with E-state index in [1.54, 1.807) is 6.20 Å².